The van der Waals surface area contributed by atoms with Gasteiger partial charge in [-0.15, -0.1) is 0 Å². The van der Waals surface area contributed by atoms with Crippen LogP contribution in [-0.4, -0.2) is 43.6 Å². The standard InChI is InChI=1S/C28H20F6N6O2/c1-42-18-9-7-16(8-10-18)19-13-22(27(29,30)31)39-24(36-19)14-20(37-39)26(41)38-21(17-5-3-2-4-6-17)15-23(28(32,33)34)40-25(38)11-12-35-40/h2-14,21,23H,15H2,1H3/t21-,23-/m1/s1. The van der Waals surface area contributed by atoms with E-state index >= 15 is 0 Å². The number of amides is 1. The quantitative estimate of drug-likeness (QED) is 0.224. The van der Waals surface area contributed by atoms with Crippen LogP contribution in [0.4, 0.5) is 32.2 Å². The number of benzene rings is 2. The van der Waals surface area contributed by atoms with Crippen LogP contribution in [0.15, 0.2) is 79.0 Å². The van der Waals surface area contributed by atoms with Crippen LogP contribution in [0, 0.1) is 0 Å². The first-order valence-electron chi connectivity index (χ1n) is 12.6. The number of nitrogens with zero attached hydrogens (tertiary/aromatic N) is 6. The highest BCUT2D eigenvalue weighted by Crippen LogP contribution is 2.47. The molecule has 4 heterocycles. The van der Waals surface area contributed by atoms with Gasteiger partial charge in [0, 0.05) is 24.1 Å². The number of methoxy groups -OCH3 is 1. The molecule has 1 aliphatic rings. The van der Waals surface area contributed by atoms with Crippen LogP contribution in [0.25, 0.3) is 16.9 Å². The van der Waals surface area contributed by atoms with E-state index in [9.17, 15) is 31.1 Å². The summed E-state index contributed by atoms with van der Waals surface area (Å²) >= 11 is 0. The Balaban J connectivity index is 1.49. The molecule has 42 heavy (non-hydrogen) atoms. The number of fused-ring (bicyclic) bond motifs is 2. The summed E-state index contributed by atoms with van der Waals surface area (Å²) < 4.78 is 91.0. The van der Waals surface area contributed by atoms with Crippen molar-refractivity contribution in [1.29, 1.82) is 0 Å². The first kappa shape index (κ1) is 27.3. The van der Waals surface area contributed by atoms with Gasteiger partial charge in [-0.25, -0.2) is 14.2 Å². The maximum atomic E-state index is 14.2. The molecule has 3 aromatic heterocycles. The monoisotopic (exact) mass is 586 g/mol. The fourth-order valence-electron chi connectivity index (χ4n) is 5.11. The molecule has 14 heteroatoms. The van der Waals surface area contributed by atoms with Gasteiger partial charge in [0.2, 0.25) is 0 Å². The second kappa shape index (κ2) is 9.89. The average molecular weight is 586 g/mol. The van der Waals surface area contributed by atoms with Gasteiger partial charge < -0.3 is 4.74 Å². The highest BCUT2D eigenvalue weighted by molar-refractivity contribution is 6.05. The molecule has 8 nitrogen and oxygen atoms in total. The van der Waals surface area contributed by atoms with Crippen LogP contribution in [0.3, 0.4) is 0 Å². The normalized spacial score (nSPS) is 17.4. The van der Waals surface area contributed by atoms with Crippen LogP contribution in [0.2, 0.25) is 0 Å². The predicted octanol–water partition coefficient (Wildman–Crippen LogP) is 6.52. The van der Waals surface area contributed by atoms with E-state index < -0.39 is 48.2 Å². The summed E-state index contributed by atoms with van der Waals surface area (Å²) in [6, 6.07) is 14.3. The molecule has 0 bridgehead atoms. The second-order valence-corrected chi connectivity index (χ2v) is 9.58. The SMILES string of the molecule is COc1ccc(-c2cc(C(F)(F)F)n3nc(C(=O)N4c5ccnn5[C@@H](C(F)(F)F)C[C@@H]4c4ccccc4)cc3n2)cc1. The number of anilines is 1. The number of aromatic nitrogens is 5. The third kappa shape index (κ3) is 4.72. The topological polar surface area (TPSA) is 77.5 Å². The van der Waals surface area contributed by atoms with Gasteiger partial charge in [-0.05, 0) is 35.9 Å². The van der Waals surface area contributed by atoms with Gasteiger partial charge in [-0.3, -0.25) is 9.69 Å². The van der Waals surface area contributed by atoms with Crippen LogP contribution in [0.5, 0.6) is 5.75 Å². The van der Waals surface area contributed by atoms with E-state index in [-0.39, 0.29) is 17.2 Å². The van der Waals surface area contributed by atoms with E-state index in [1.165, 1.54) is 25.3 Å². The van der Waals surface area contributed by atoms with Gasteiger partial charge in [0.15, 0.2) is 23.1 Å². The predicted molar refractivity (Wildman–Crippen MR) is 138 cm³/mol. The van der Waals surface area contributed by atoms with Gasteiger partial charge in [0.1, 0.15) is 11.6 Å². The zero-order valence-corrected chi connectivity index (χ0v) is 21.6. The van der Waals surface area contributed by atoms with Gasteiger partial charge in [0.25, 0.3) is 5.91 Å². The molecule has 2 atom stereocenters. The molecular weight excluding hydrogens is 566 g/mol. The molecule has 2 aromatic carbocycles. The zero-order chi connectivity index (χ0) is 29.8. The maximum Gasteiger partial charge on any atom is 0.433 e. The number of carbonyl (C=O) groups is 1. The van der Waals surface area contributed by atoms with Crippen molar-refractivity contribution in [2.45, 2.75) is 30.9 Å². The van der Waals surface area contributed by atoms with Crippen molar-refractivity contribution in [3.8, 4) is 17.0 Å². The number of halogens is 6. The molecule has 0 fully saturated rings. The minimum absolute atomic E-state index is 0.0254. The third-order valence-electron chi connectivity index (χ3n) is 7.05. The first-order valence-corrected chi connectivity index (χ1v) is 12.6. The van der Waals surface area contributed by atoms with E-state index in [0.717, 1.165) is 23.2 Å². The Hall–Kier alpha value is -4.88. The summed E-state index contributed by atoms with van der Waals surface area (Å²) in [6.45, 7) is 0. The first-order chi connectivity index (χ1) is 20.0. The van der Waals surface area contributed by atoms with Crippen molar-refractivity contribution in [3.05, 3.63) is 95.9 Å². The summed E-state index contributed by atoms with van der Waals surface area (Å²) in [5.74, 6) is -0.576. The van der Waals surface area contributed by atoms with E-state index in [0.29, 0.717) is 26.1 Å². The molecule has 0 saturated heterocycles. The highest BCUT2D eigenvalue weighted by Gasteiger charge is 2.50. The maximum absolute atomic E-state index is 14.2. The summed E-state index contributed by atoms with van der Waals surface area (Å²) in [7, 11) is 1.45. The largest absolute Gasteiger partial charge is 0.497 e. The molecule has 5 aromatic rings. The Morgan fingerprint density at radius 1 is 0.952 bits per heavy atom. The fraction of sp³-hybridized carbons (Fsp3) is 0.214. The van der Waals surface area contributed by atoms with Crippen LogP contribution >= 0.6 is 0 Å². The van der Waals surface area contributed by atoms with E-state index in [1.807, 2.05) is 0 Å². The van der Waals surface area contributed by atoms with Crippen molar-refractivity contribution in [2.75, 3.05) is 12.0 Å². The van der Waals surface area contributed by atoms with Gasteiger partial charge >= 0.3 is 12.4 Å². The second-order valence-electron chi connectivity index (χ2n) is 9.58. The highest BCUT2D eigenvalue weighted by atomic mass is 19.4. The minimum atomic E-state index is -4.87. The minimum Gasteiger partial charge on any atom is -0.497 e. The molecule has 0 aliphatic carbocycles. The molecule has 216 valence electrons. The summed E-state index contributed by atoms with van der Waals surface area (Å²) in [6.07, 6.45) is -8.97. The number of hydrogen-bond donors (Lipinski definition) is 0. The lowest BCUT2D eigenvalue weighted by Crippen LogP contribution is -2.45. The van der Waals surface area contributed by atoms with Gasteiger partial charge in [-0.1, -0.05) is 30.3 Å². The molecule has 1 aliphatic heterocycles. The van der Waals surface area contributed by atoms with Crippen molar-refractivity contribution >= 4 is 17.4 Å². The Morgan fingerprint density at radius 3 is 2.31 bits per heavy atom. The molecule has 0 spiro atoms. The number of rotatable bonds is 4. The van der Waals surface area contributed by atoms with E-state index in [2.05, 4.69) is 15.2 Å². The number of ether oxygens (including phenoxy) is 1. The van der Waals surface area contributed by atoms with Gasteiger partial charge in [-0.2, -0.15) is 36.5 Å². The Labute approximate surface area is 233 Å². The molecule has 1 amide bonds. The molecule has 6 rings (SSSR count). The van der Waals surface area contributed by atoms with Crippen molar-refractivity contribution in [1.82, 2.24) is 24.4 Å². The summed E-state index contributed by atoms with van der Waals surface area (Å²) in [5, 5.41) is 7.75. The number of carbonyl (C=O) groups excluding carboxylic acids is 1. The summed E-state index contributed by atoms with van der Waals surface area (Å²) in [4.78, 5) is 19.4. The van der Waals surface area contributed by atoms with Crippen molar-refractivity contribution in [2.24, 2.45) is 0 Å². The molecule has 0 radical (unpaired) electrons. The van der Waals surface area contributed by atoms with Gasteiger partial charge in [0.05, 0.1) is 25.0 Å². The summed E-state index contributed by atoms with van der Waals surface area (Å²) in [5.41, 5.74) is -1.14. The number of alkyl halides is 6. The Kier molecular flexibility index (Phi) is 6.43. The fourth-order valence-corrected chi connectivity index (χ4v) is 5.11. The van der Waals surface area contributed by atoms with Crippen molar-refractivity contribution in [3.63, 3.8) is 0 Å². The lowest BCUT2D eigenvalue weighted by molar-refractivity contribution is -0.174. The number of hydrogen-bond acceptors (Lipinski definition) is 5. The molecule has 0 unspecified atom stereocenters. The third-order valence-corrected chi connectivity index (χ3v) is 7.05. The van der Waals surface area contributed by atoms with E-state index in [4.69, 9.17) is 4.74 Å². The Bertz CT molecular complexity index is 1760. The molecular formula is C28H20F6N6O2. The Morgan fingerprint density at radius 2 is 1.67 bits per heavy atom. The zero-order valence-electron chi connectivity index (χ0n) is 21.6. The lowest BCUT2D eigenvalue weighted by Gasteiger charge is -2.40. The smallest absolute Gasteiger partial charge is 0.433 e. The van der Waals surface area contributed by atoms with E-state index in [1.54, 1.807) is 42.5 Å². The lowest BCUT2D eigenvalue weighted by atomic mass is 9.94. The van der Waals surface area contributed by atoms with Crippen LogP contribution < -0.4 is 9.64 Å². The molecule has 0 saturated carbocycles. The van der Waals surface area contributed by atoms with Crippen LogP contribution in [0.1, 0.15) is 40.3 Å². The molecule has 0 N–H and O–H groups in total. The average Bonchev–Trinajstić information content (AvgIpc) is 3.62. The van der Waals surface area contributed by atoms with Crippen LogP contribution in [-0.2, 0) is 6.18 Å². The van der Waals surface area contributed by atoms with Crippen molar-refractivity contribution < 1.29 is 35.9 Å².